The Hall–Kier alpha value is -3.35. The number of nitrogens with one attached hydrogen (secondary N) is 1. The summed E-state index contributed by atoms with van der Waals surface area (Å²) in [4.78, 5) is 62.8. The molecule has 0 saturated carbocycles. The lowest BCUT2D eigenvalue weighted by Crippen LogP contribution is -2.38. The van der Waals surface area contributed by atoms with Crippen molar-refractivity contribution in [2.75, 3.05) is 24.9 Å². The molecule has 3 aromatic rings. The Morgan fingerprint density at radius 3 is 2.39 bits per heavy atom. The number of hydrogen-bond donors (Lipinski definition) is 3. The van der Waals surface area contributed by atoms with Crippen LogP contribution < -0.4 is 28.0 Å². The molecule has 3 aromatic heterocycles. The number of H-pyrrole nitrogens is 1. The first kappa shape index (κ1) is 38.9. The van der Waals surface area contributed by atoms with E-state index in [0.717, 1.165) is 29.5 Å². The van der Waals surface area contributed by atoms with E-state index in [0.29, 0.717) is 4.57 Å². The molecule has 27 heteroatoms. The van der Waals surface area contributed by atoms with Gasteiger partial charge < -0.3 is 44.8 Å². The van der Waals surface area contributed by atoms with Crippen LogP contribution in [0.3, 0.4) is 0 Å². The SMILES string of the molecule is CC(C)OC(=O)OCSP1(=O)OC[C@H]2O[C@@H](n3cnc4c(N)ncnc43)[C@H](F)[C@@H]2OP(=O)([O-])OC[C@H]2O[C@@H](n3ccc(=O)[nH]c3=O)[C@H](F)[C@@H]2O1.[NH4+]. The van der Waals surface area contributed by atoms with Crippen LogP contribution in [0.2, 0.25) is 0 Å². The lowest BCUT2D eigenvalue weighted by Gasteiger charge is -2.32. The summed E-state index contributed by atoms with van der Waals surface area (Å²) in [6.45, 7) is -3.59. The van der Waals surface area contributed by atoms with Gasteiger partial charge in [-0.05, 0) is 13.8 Å². The molecular formula is C24H32F2N8O14P2S. The minimum Gasteiger partial charge on any atom is -0.756 e. The summed E-state index contributed by atoms with van der Waals surface area (Å²) in [6.07, 6.45) is -14.1. The average Bonchev–Trinajstić information content (AvgIpc) is 3.69. The fourth-order valence-corrected chi connectivity index (χ4v) is 8.89. The van der Waals surface area contributed by atoms with Crippen LogP contribution in [0, 0.1) is 0 Å². The van der Waals surface area contributed by atoms with Crippen LogP contribution in [0.4, 0.5) is 19.4 Å². The second-order valence-electron chi connectivity index (χ2n) is 11.1. The van der Waals surface area contributed by atoms with Gasteiger partial charge in [-0.1, -0.05) is 0 Å². The number of fused-ring (bicyclic) bond motifs is 3. The number of anilines is 1. The molecule has 3 saturated heterocycles. The van der Waals surface area contributed by atoms with Gasteiger partial charge in [0, 0.05) is 23.6 Å². The molecule has 10 atom stereocenters. The molecule has 0 bridgehead atoms. The van der Waals surface area contributed by atoms with E-state index < -0.39 is 106 Å². The summed E-state index contributed by atoms with van der Waals surface area (Å²) in [5.74, 6) is -0.762. The Bertz CT molecular complexity index is 1950. The molecule has 282 valence electrons. The first-order valence-corrected chi connectivity index (χ1v) is 19.1. The van der Waals surface area contributed by atoms with Gasteiger partial charge in [0.15, 0.2) is 42.2 Å². The molecule has 0 spiro atoms. The van der Waals surface area contributed by atoms with Crippen molar-refractivity contribution in [3.8, 4) is 0 Å². The van der Waals surface area contributed by atoms with Crippen LogP contribution in [0.1, 0.15) is 26.3 Å². The zero-order valence-electron chi connectivity index (χ0n) is 26.7. The fraction of sp³-hybridized carbons (Fsp3) is 0.583. The van der Waals surface area contributed by atoms with Crippen molar-refractivity contribution in [2.24, 2.45) is 0 Å². The molecule has 6 rings (SSSR count). The summed E-state index contributed by atoms with van der Waals surface area (Å²) in [5.41, 5.74) is 4.03. The van der Waals surface area contributed by atoms with Gasteiger partial charge in [-0.25, -0.2) is 37.9 Å². The van der Waals surface area contributed by atoms with Crippen LogP contribution >= 0.6 is 26.0 Å². The maximum atomic E-state index is 16.1. The summed E-state index contributed by atoms with van der Waals surface area (Å²) >= 11 is 0.252. The maximum absolute atomic E-state index is 16.1. The van der Waals surface area contributed by atoms with Gasteiger partial charge in [-0.2, -0.15) is 0 Å². The van der Waals surface area contributed by atoms with Gasteiger partial charge in [0.25, 0.3) is 13.4 Å². The largest absolute Gasteiger partial charge is 0.756 e. The van der Waals surface area contributed by atoms with Crippen molar-refractivity contribution in [3.05, 3.63) is 45.8 Å². The number of quaternary nitrogens is 1. The molecule has 6 heterocycles. The summed E-state index contributed by atoms with van der Waals surface area (Å²) < 4.78 is 103. The highest BCUT2D eigenvalue weighted by Gasteiger charge is 2.54. The molecule has 3 aliphatic heterocycles. The van der Waals surface area contributed by atoms with E-state index in [2.05, 4.69) is 15.0 Å². The van der Waals surface area contributed by atoms with E-state index in [9.17, 15) is 28.4 Å². The number of hydrogen-bond acceptors (Lipinski definition) is 19. The van der Waals surface area contributed by atoms with Crippen molar-refractivity contribution >= 4 is 49.1 Å². The van der Waals surface area contributed by atoms with Gasteiger partial charge in [0.05, 0.1) is 25.6 Å². The highest BCUT2D eigenvalue weighted by atomic mass is 32.7. The van der Waals surface area contributed by atoms with Crippen LogP contribution in [0.25, 0.3) is 11.2 Å². The van der Waals surface area contributed by atoms with Crippen LogP contribution in [-0.4, -0.2) is 97.2 Å². The predicted octanol–water partition coefficient (Wildman–Crippen LogP) is 1.45. The molecule has 0 amide bonds. The number of aromatic nitrogens is 6. The summed E-state index contributed by atoms with van der Waals surface area (Å²) in [5, 5.41) is 0. The zero-order valence-corrected chi connectivity index (χ0v) is 29.3. The molecule has 0 radical (unpaired) electrons. The topological polar surface area (TPSA) is 309 Å². The van der Waals surface area contributed by atoms with Gasteiger partial charge >= 0.3 is 18.6 Å². The number of rotatable bonds is 6. The van der Waals surface area contributed by atoms with E-state index in [-0.39, 0.29) is 34.5 Å². The first-order chi connectivity index (χ1) is 23.6. The van der Waals surface area contributed by atoms with Gasteiger partial charge in [0.1, 0.15) is 36.3 Å². The average molecular weight is 789 g/mol. The highest BCUT2D eigenvalue weighted by Crippen LogP contribution is 2.63. The standard InChI is InChI=1S/C24H29F2N7O14P2S.H3N/c1-10(2)43-24(36)40-9-50-49(39)42-6-12-17(14(25)22(45-12)33-8-30-16-19(27)28-7-29-20(16)33)46-48(37,38)41-5-11-18(47-49)15(26)21(44-11)32-4-3-13(34)31-23(32)35;/h3-4,7-8,10-12,14-15,17-18,21-22H,5-6,9H2,1-2H3,(H,37,38)(H2,27,28,29)(H,31,34,35);1H3/t11-,12-,14-,15-,17-,18-,21-,22-,49?;/m1./s1. The normalized spacial score (nSPS) is 34.2. The molecule has 2 unspecified atom stereocenters. The Morgan fingerprint density at radius 2 is 1.73 bits per heavy atom. The number of ether oxygens (including phenoxy) is 4. The number of nitrogen functional groups attached to an aromatic ring is 1. The number of phosphoric acid groups is 1. The number of halogens is 2. The first-order valence-electron chi connectivity index (χ1n) is 14.5. The van der Waals surface area contributed by atoms with E-state index in [1.807, 2.05) is 4.98 Å². The Balaban J connectivity index is 0.00000504. The number of nitrogens with zero attached hydrogens (tertiary/aromatic N) is 5. The lowest BCUT2D eigenvalue weighted by molar-refractivity contribution is -0.235. The molecule has 3 fully saturated rings. The number of carbonyl (C=O) groups excluding carboxylic acids is 1. The van der Waals surface area contributed by atoms with E-state index >= 15 is 8.78 Å². The molecule has 0 aliphatic carbocycles. The van der Waals surface area contributed by atoms with Gasteiger partial charge in [0.2, 0.25) is 0 Å². The quantitative estimate of drug-likeness (QED) is 0.181. The second-order valence-corrected chi connectivity index (χ2v) is 16.4. The van der Waals surface area contributed by atoms with E-state index in [1.54, 1.807) is 13.8 Å². The number of imidazole rings is 1. The smallest absolute Gasteiger partial charge is 0.509 e. The van der Waals surface area contributed by atoms with E-state index in [4.69, 9.17) is 42.8 Å². The monoisotopic (exact) mass is 788 g/mol. The van der Waals surface area contributed by atoms with Crippen molar-refractivity contribution < 1.29 is 64.6 Å². The Morgan fingerprint density at radius 1 is 1.08 bits per heavy atom. The number of carbonyl (C=O) groups is 1. The number of alkyl halides is 2. The molecular weight excluding hydrogens is 756 g/mol. The van der Waals surface area contributed by atoms with Crippen molar-refractivity contribution in [1.82, 2.24) is 35.2 Å². The maximum Gasteiger partial charge on any atom is 0.509 e. The highest BCUT2D eigenvalue weighted by molar-refractivity contribution is 8.55. The number of aromatic amines is 1. The lowest BCUT2D eigenvalue weighted by atomic mass is 10.1. The minimum absolute atomic E-state index is 0. The van der Waals surface area contributed by atoms with Gasteiger partial charge in [-0.15, -0.1) is 0 Å². The predicted molar refractivity (Wildman–Crippen MR) is 167 cm³/mol. The Labute approximate surface area is 288 Å². The Kier molecular flexibility index (Phi) is 11.7. The van der Waals surface area contributed by atoms with Crippen molar-refractivity contribution in [2.45, 2.75) is 69.2 Å². The third kappa shape index (κ3) is 8.33. The van der Waals surface area contributed by atoms with Crippen LogP contribution in [0.15, 0.2) is 34.5 Å². The zero-order chi connectivity index (χ0) is 36.0. The summed E-state index contributed by atoms with van der Waals surface area (Å²) in [7, 11) is -5.47. The van der Waals surface area contributed by atoms with Gasteiger partial charge in [-0.3, -0.25) is 32.5 Å². The third-order valence-electron chi connectivity index (χ3n) is 7.34. The van der Waals surface area contributed by atoms with E-state index in [1.165, 1.54) is 0 Å². The van der Waals surface area contributed by atoms with Crippen molar-refractivity contribution in [3.63, 3.8) is 0 Å². The molecule has 7 N–H and O–H groups in total. The third-order valence-corrected chi connectivity index (χ3v) is 11.6. The van der Waals surface area contributed by atoms with Crippen molar-refractivity contribution in [1.29, 1.82) is 0 Å². The second kappa shape index (κ2) is 15.3. The van der Waals surface area contributed by atoms with Crippen LogP contribution in [-0.2, 0) is 46.2 Å². The molecule has 0 aromatic carbocycles. The molecule has 51 heavy (non-hydrogen) atoms. The number of phosphoric ester groups is 1. The molecule has 3 aliphatic rings. The number of nitrogens with two attached hydrogens (primary N) is 1. The molecule has 22 nitrogen and oxygen atoms in total. The fourth-order valence-electron chi connectivity index (χ4n) is 5.16. The summed E-state index contributed by atoms with van der Waals surface area (Å²) in [6, 6.07) is 0.894. The minimum atomic E-state index is -5.47. The van der Waals surface area contributed by atoms with Crippen LogP contribution in [0.5, 0.6) is 0 Å².